The van der Waals surface area contributed by atoms with Crippen LogP contribution in [0.25, 0.3) is 0 Å². The van der Waals surface area contributed by atoms with Crippen LogP contribution < -0.4 is 0 Å². The Morgan fingerprint density at radius 2 is 1.65 bits per heavy atom. The van der Waals surface area contributed by atoms with Crippen LogP contribution in [-0.2, 0) is 0 Å². The van der Waals surface area contributed by atoms with Crippen molar-refractivity contribution in [1.29, 1.82) is 0 Å². The number of fused-ring (bicyclic) bond motifs is 2. The topological polar surface area (TPSA) is 0 Å². The molecule has 2 aliphatic rings. The van der Waals surface area contributed by atoms with Crippen molar-refractivity contribution in [2.75, 3.05) is 0 Å². The summed E-state index contributed by atoms with van der Waals surface area (Å²) in [6, 6.07) is 11.0. The zero-order valence-corrected chi connectivity index (χ0v) is 11.9. The molecule has 1 heteroatoms. The molecule has 2 fully saturated rings. The van der Waals surface area contributed by atoms with Crippen LogP contribution >= 0.6 is 11.8 Å². The van der Waals surface area contributed by atoms with E-state index in [1.807, 2.05) is 0 Å². The van der Waals surface area contributed by atoms with E-state index in [1.54, 1.807) is 0 Å². The van der Waals surface area contributed by atoms with Crippen molar-refractivity contribution in [2.24, 2.45) is 17.3 Å². The average molecular weight is 246 g/mol. The second-order valence-electron chi connectivity index (χ2n) is 6.45. The molecule has 3 atom stereocenters. The molecule has 0 radical (unpaired) electrons. The van der Waals surface area contributed by atoms with Crippen molar-refractivity contribution >= 4 is 11.8 Å². The minimum atomic E-state index is 0.428. The molecule has 0 heterocycles. The van der Waals surface area contributed by atoms with E-state index in [4.69, 9.17) is 0 Å². The Balaban J connectivity index is 1.91. The van der Waals surface area contributed by atoms with Crippen molar-refractivity contribution < 1.29 is 0 Å². The van der Waals surface area contributed by atoms with Crippen LogP contribution in [0.1, 0.15) is 40.0 Å². The smallest absolute Gasteiger partial charge is 0.0260 e. The molecule has 1 aromatic carbocycles. The van der Waals surface area contributed by atoms with E-state index in [0.717, 1.165) is 11.8 Å². The monoisotopic (exact) mass is 246 g/mol. The summed E-state index contributed by atoms with van der Waals surface area (Å²) in [6.45, 7) is 7.49. The SMILES string of the molecule is CC1(C)[C@@H]2CC[C@@H](C2)[C@@]1(C)Sc1ccccc1. The summed E-state index contributed by atoms with van der Waals surface area (Å²) in [5.74, 6) is 1.88. The summed E-state index contributed by atoms with van der Waals surface area (Å²) in [6.07, 6.45) is 4.37. The van der Waals surface area contributed by atoms with Gasteiger partial charge in [0.15, 0.2) is 0 Å². The molecular formula is C16H22S. The lowest BCUT2D eigenvalue weighted by Crippen LogP contribution is -2.44. The van der Waals surface area contributed by atoms with Crippen molar-refractivity contribution in [3.63, 3.8) is 0 Å². The molecule has 17 heavy (non-hydrogen) atoms. The maximum atomic E-state index is 2.51. The van der Waals surface area contributed by atoms with Gasteiger partial charge in [0.2, 0.25) is 0 Å². The van der Waals surface area contributed by atoms with E-state index in [9.17, 15) is 0 Å². The first-order chi connectivity index (χ1) is 8.04. The van der Waals surface area contributed by atoms with Gasteiger partial charge in [0, 0.05) is 9.64 Å². The molecule has 0 aliphatic heterocycles. The van der Waals surface area contributed by atoms with Gasteiger partial charge in [-0.05, 0) is 55.6 Å². The molecular weight excluding hydrogens is 224 g/mol. The lowest BCUT2D eigenvalue weighted by molar-refractivity contribution is 0.166. The minimum Gasteiger partial charge on any atom is -0.119 e. The first kappa shape index (κ1) is 11.6. The van der Waals surface area contributed by atoms with E-state index in [2.05, 4.69) is 62.9 Å². The molecule has 0 N–H and O–H groups in total. The third-order valence-electron chi connectivity index (χ3n) is 5.58. The Morgan fingerprint density at radius 3 is 2.24 bits per heavy atom. The van der Waals surface area contributed by atoms with Crippen LogP contribution in [0.5, 0.6) is 0 Å². The maximum absolute atomic E-state index is 2.51. The van der Waals surface area contributed by atoms with Crippen molar-refractivity contribution in [3.8, 4) is 0 Å². The van der Waals surface area contributed by atoms with Gasteiger partial charge >= 0.3 is 0 Å². The summed E-state index contributed by atoms with van der Waals surface area (Å²) in [7, 11) is 0. The van der Waals surface area contributed by atoms with E-state index in [-0.39, 0.29) is 0 Å². The highest BCUT2D eigenvalue weighted by atomic mass is 32.2. The van der Waals surface area contributed by atoms with Crippen molar-refractivity contribution in [3.05, 3.63) is 30.3 Å². The Morgan fingerprint density at radius 1 is 1.00 bits per heavy atom. The van der Waals surface area contributed by atoms with Gasteiger partial charge in [-0.2, -0.15) is 0 Å². The standard InChI is InChI=1S/C16H22S/c1-15(2)12-9-10-13(11-12)16(15,3)17-14-7-5-4-6-8-14/h4-8,12-13H,9-11H2,1-3H3/t12-,13+,16-/m1/s1. The summed E-state index contributed by atoms with van der Waals surface area (Å²) >= 11 is 2.12. The normalized spacial score (nSPS) is 38.5. The highest BCUT2D eigenvalue weighted by molar-refractivity contribution is 8.00. The fraction of sp³-hybridized carbons (Fsp3) is 0.625. The van der Waals surface area contributed by atoms with E-state index in [1.165, 1.54) is 24.2 Å². The Hall–Kier alpha value is -0.430. The zero-order valence-electron chi connectivity index (χ0n) is 11.1. The van der Waals surface area contributed by atoms with Gasteiger partial charge in [0.25, 0.3) is 0 Å². The molecule has 0 unspecified atom stereocenters. The molecule has 3 rings (SSSR count). The zero-order chi connectivity index (χ0) is 12.1. The molecule has 2 saturated carbocycles. The van der Waals surface area contributed by atoms with Gasteiger partial charge < -0.3 is 0 Å². The number of rotatable bonds is 2. The summed E-state index contributed by atoms with van der Waals surface area (Å²) in [5, 5.41) is 0. The van der Waals surface area contributed by atoms with Gasteiger partial charge in [0.1, 0.15) is 0 Å². The first-order valence-electron chi connectivity index (χ1n) is 6.78. The molecule has 1 aromatic rings. The van der Waals surface area contributed by atoms with Gasteiger partial charge in [0.05, 0.1) is 0 Å². The molecule has 92 valence electrons. The molecule has 0 amide bonds. The molecule has 2 bridgehead atoms. The lowest BCUT2D eigenvalue weighted by atomic mass is 9.69. The fourth-order valence-electron chi connectivity index (χ4n) is 4.02. The predicted octanol–water partition coefficient (Wildman–Crippen LogP) is 4.99. The molecule has 2 aliphatic carbocycles. The van der Waals surface area contributed by atoms with Crippen LogP contribution in [0.3, 0.4) is 0 Å². The second kappa shape index (κ2) is 3.78. The van der Waals surface area contributed by atoms with Crippen LogP contribution in [0.4, 0.5) is 0 Å². The third kappa shape index (κ3) is 1.58. The number of benzene rings is 1. The van der Waals surface area contributed by atoms with E-state index in [0.29, 0.717) is 10.2 Å². The first-order valence-corrected chi connectivity index (χ1v) is 7.60. The highest BCUT2D eigenvalue weighted by Crippen LogP contribution is 2.67. The number of hydrogen-bond donors (Lipinski definition) is 0. The molecule has 0 aromatic heterocycles. The number of thioether (sulfide) groups is 1. The van der Waals surface area contributed by atoms with Crippen LogP contribution in [0, 0.1) is 17.3 Å². The van der Waals surface area contributed by atoms with Crippen LogP contribution in [0.15, 0.2) is 35.2 Å². The lowest BCUT2D eigenvalue weighted by Gasteiger charge is -2.47. The largest absolute Gasteiger partial charge is 0.119 e. The third-order valence-corrected chi connectivity index (χ3v) is 7.38. The van der Waals surface area contributed by atoms with Gasteiger partial charge in [-0.3, -0.25) is 0 Å². The van der Waals surface area contributed by atoms with Crippen molar-refractivity contribution in [2.45, 2.75) is 49.7 Å². The van der Waals surface area contributed by atoms with Gasteiger partial charge in [-0.25, -0.2) is 0 Å². The Kier molecular flexibility index (Phi) is 2.59. The fourth-order valence-corrected chi connectivity index (χ4v) is 5.61. The Labute approximate surface area is 109 Å². The summed E-state index contributed by atoms with van der Waals surface area (Å²) < 4.78 is 0.428. The Bertz CT molecular complexity index is 409. The summed E-state index contributed by atoms with van der Waals surface area (Å²) in [4.78, 5) is 1.44. The van der Waals surface area contributed by atoms with Crippen molar-refractivity contribution in [1.82, 2.24) is 0 Å². The molecule has 0 spiro atoms. The quantitative estimate of drug-likeness (QED) is 0.708. The van der Waals surface area contributed by atoms with Gasteiger partial charge in [-0.15, -0.1) is 11.8 Å². The maximum Gasteiger partial charge on any atom is 0.0260 e. The van der Waals surface area contributed by atoms with E-state index < -0.39 is 0 Å². The average Bonchev–Trinajstić information content (AvgIpc) is 2.84. The minimum absolute atomic E-state index is 0.428. The highest BCUT2D eigenvalue weighted by Gasteiger charge is 2.60. The molecule has 0 saturated heterocycles. The summed E-state index contributed by atoms with van der Waals surface area (Å²) in [5.41, 5.74) is 0.483. The van der Waals surface area contributed by atoms with Crippen LogP contribution in [-0.4, -0.2) is 4.75 Å². The van der Waals surface area contributed by atoms with Crippen LogP contribution in [0.2, 0.25) is 0 Å². The number of hydrogen-bond acceptors (Lipinski definition) is 1. The predicted molar refractivity (Wildman–Crippen MR) is 75.3 cm³/mol. The van der Waals surface area contributed by atoms with E-state index >= 15 is 0 Å². The second-order valence-corrected chi connectivity index (χ2v) is 7.97. The molecule has 0 nitrogen and oxygen atoms in total. The van der Waals surface area contributed by atoms with Gasteiger partial charge in [-0.1, -0.05) is 32.0 Å².